The Morgan fingerprint density at radius 3 is 2.67 bits per heavy atom. The Labute approximate surface area is 124 Å². The van der Waals surface area contributed by atoms with E-state index >= 15 is 0 Å². The molecule has 0 fully saturated rings. The fourth-order valence-corrected chi connectivity index (χ4v) is 2.16. The fraction of sp³-hybridized carbons (Fsp3) is 0.375. The largest absolute Gasteiger partial charge is 0.497 e. The molecule has 0 saturated carbocycles. The molecule has 112 valence electrons. The number of carbonyl (C=O) groups is 1. The van der Waals surface area contributed by atoms with Gasteiger partial charge in [0.15, 0.2) is 0 Å². The van der Waals surface area contributed by atoms with Gasteiger partial charge in [-0.1, -0.05) is 19.1 Å². The Hall–Kier alpha value is -2.30. The zero-order valence-electron chi connectivity index (χ0n) is 12.7. The molecule has 1 aromatic heterocycles. The van der Waals surface area contributed by atoms with E-state index in [1.54, 1.807) is 24.1 Å². The summed E-state index contributed by atoms with van der Waals surface area (Å²) in [6.45, 7) is 4.76. The summed E-state index contributed by atoms with van der Waals surface area (Å²) in [5, 5.41) is 7.16. The van der Waals surface area contributed by atoms with Crippen molar-refractivity contribution in [3.8, 4) is 5.75 Å². The van der Waals surface area contributed by atoms with Crippen LogP contribution in [0.5, 0.6) is 5.75 Å². The molecule has 0 aliphatic rings. The minimum absolute atomic E-state index is 0.0756. The van der Waals surface area contributed by atoms with Crippen LogP contribution in [0.2, 0.25) is 0 Å². The number of amides is 1. The van der Waals surface area contributed by atoms with Crippen LogP contribution in [-0.4, -0.2) is 22.8 Å². The van der Waals surface area contributed by atoms with Crippen LogP contribution >= 0.6 is 0 Å². The molecule has 0 aliphatic carbocycles. The molecule has 0 saturated heterocycles. The van der Waals surface area contributed by atoms with Crippen molar-refractivity contribution in [2.24, 2.45) is 0 Å². The zero-order valence-corrected chi connectivity index (χ0v) is 12.7. The average molecular weight is 287 g/mol. The number of nitrogens with zero attached hydrogens (tertiary/aromatic N) is 2. The summed E-state index contributed by atoms with van der Waals surface area (Å²) in [6, 6.07) is 9.35. The van der Waals surface area contributed by atoms with Gasteiger partial charge in [-0.15, -0.1) is 0 Å². The third-order valence-corrected chi connectivity index (χ3v) is 3.35. The number of methoxy groups -OCH3 is 1. The fourth-order valence-electron chi connectivity index (χ4n) is 2.16. The van der Waals surface area contributed by atoms with Crippen LogP contribution in [-0.2, 0) is 6.54 Å². The third-order valence-electron chi connectivity index (χ3n) is 3.35. The number of hydrogen-bond donors (Lipinski definition) is 1. The number of carbonyl (C=O) groups excluding carboxylic acids is 1. The van der Waals surface area contributed by atoms with Gasteiger partial charge in [-0.25, -0.2) is 0 Å². The second-order valence-corrected chi connectivity index (χ2v) is 4.91. The number of ether oxygens (including phenoxy) is 1. The molecule has 21 heavy (non-hydrogen) atoms. The summed E-state index contributed by atoms with van der Waals surface area (Å²) in [6.07, 6.45) is 2.60. The molecule has 5 nitrogen and oxygen atoms in total. The zero-order chi connectivity index (χ0) is 15.2. The molecule has 0 radical (unpaired) electrons. The lowest BCUT2D eigenvalue weighted by atomic mass is 10.1. The average Bonchev–Trinajstić information content (AvgIpc) is 2.96. The van der Waals surface area contributed by atoms with Crippen LogP contribution in [0.25, 0.3) is 0 Å². The molecular formula is C16H21N3O2. The molecule has 0 bridgehead atoms. The predicted octanol–water partition coefficient (Wildman–Crippen LogP) is 2.79. The Morgan fingerprint density at radius 2 is 2.05 bits per heavy atom. The van der Waals surface area contributed by atoms with Crippen molar-refractivity contribution in [3.05, 3.63) is 47.8 Å². The standard InChI is InChI=1S/C16H21N3O2/c1-4-11-19-15(9-10-17-19)16(20)18-12(2)13-5-7-14(21-3)8-6-13/h5-10,12H,4,11H2,1-3H3,(H,18,20)/t12-/m1/s1. The van der Waals surface area contributed by atoms with Crippen LogP contribution in [0.3, 0.4) is 0 Å². The van der Waals surface area contributed by atoms with Crippen LogP contribution < -0.4 is 10.1 Å². The quantitative estimate of drug-likeness (QED) is 0.889. The van der Waals surface area contributed by atoms with Gasteiger partial charge in [0.1, 0.15) is 11.4 Å². The first-order valence-electron chi connectivity index (χ1n) is 7.12. The molecule has 1 amide bonds. The van der Waals surface area contributed by atoms with E-state index in [-0.39, 0.29) is 11.9 Å². The summed E-state index contributed by atoms with van der Waals surface area (Å²) in [5.74, 6) is 0.697. The minimum atomic E-state index is -0.107. The number of hydrogen-bond acceptors (Lipinski definition) is 3. The highest BCUT2D eigenvalue weighted by Gasteiger charge is 2.15. The maximum absolute atomic E-state index is 12.3. The van der Waals surface area contributed by atoms with E-state index in [9.17, 15) is 4.79 Å². The summed E-state index contributed by atoms with van der Waals surface area (Å²) < 4.78 is 6.86. The van der Waals surface area contributed by atoms with Gasteiger partial charge in [-0.2, -0.15) is 5.10 Å². The number of nitrogens with one attached hydrogen (secondary N) is 1. The summed E-state index contributed by atoms with van der Waals surface area (Å²) in [4.78, 5) is 12.3. The molecule has 2 aromatic rings. The Morgan fingerprint density at radius 1 is 1.33 bits per heavy atom. The number of aromatic nitrogens is 2. The maximum atomic E-state index is 12.3. The summed E-state index contributed by atoms with van der Waals surface area (Å²) >= 11 is 0. The normalized spacial score (nSPS) is 12.0. The number of benzene rings is 1. The molecule has 0 aliphatic heterocycles. The van der Waals surface area contributed by atoms with Crippen molar-refractivity contribution in [1.29, 1.82) is 0 Å². The van der Waals surface area contributed by atoms with E-state index in [0.29, 0.717) is 5.69 Å². The molecule has 1 N–H and O–H groups in total. The van der Waals surface area contributed by atoms with E-state index in [0.717, 1.165) is 24.3 Å². The van der Waals surface area contributed by atoms with E-state index in [4.69, 9.17) is 4.74 Å². The summed E-state index contributed by atoms with van der Waals surface area (Å²) in [5.41, 5.74) is 1.63. The Kier molecular flexibility index (Phi) is 4.98. The van der Waals surface area contributed by atoms with E-state index in [1.165, 1.54) is 0 Å². The van der Waals surface area contributed by atoms with Gasteiger partial charge in [0, 0.05) is 12.7 Å². The first-order chi connectivity index (χ1) is 10.2. The highest BCUT2D eigenvalue weighted by molar-refractivity contribution is 5.92. The third kappa shape index (κ3) is 3.62. The van der Waals surface area contributed by atoms with Gasteiger partial charge < -0.3 is 10.1 Å². The van der Waals surface area contributed by atoms with E-state index in [1.807, 2.05) is 31.2 Å². The van der Waals surface area contributed by atoms with E-state index in [2.05, 4.69) is 17.3 Å². The monoisotopic (exact) mass is 287 g/mol. The van der Waals surface area contributed by atoms with Crippen molar-refractivity contribution in [3.63, 3.8) is 0 Å². The Balaban J connectivity index is 2.05. The minimum Gasteiger partial charge on any atom is -0.497 e. The second-order valence-electron chi connectivity index (χ2n) is 4.91. The van der Waals surface area contributed by atoms with Crippen molar-refractivity contribution >= 4 is 5.91 Å². The molecule has 0 unspecified atom stereocenters. The molecule has 1 heterocycles. The van der Waals surface area contributed by atoms with Gasteiger partial charge in [0.2, 0.25) is 0 Å². The van der Waals surface area contributed by atoms with Gasteiger partial charge in [0.25, 0.3) is 5.91 Å². The smallest absolute Gasteiger partial charge is 0.270 e. The van der Waals surface area contributed by atoms with Crippen molar-refractivity contribution < 1.29 is 9.53 Å². The molecule has 1 aromatic carbocycles. The van der Waals surface area contributed by atoms with Crippen molar-refractivity contribution in [2.45, 2.75) is 32.9 Å². The van der Waals surface area contributed by atoms with Crippen molar-refractivity contribution in [1.82, 2.24) is 15.1 Å². The lowest BCUT2D eigenvalue weighted by Crippen LogP contribution is -2.28. The van der Waals surface area contributed by atoms with Gasteiger partial charge in [-0.3, -0.25) is 9.48 Å². The molecule has 2 rings (SSSR count). The highest BCUT2D eigenvalue weighted by Crippen LogP contribution is 2.17. The molecule has 5 heteroatoms. The topological polar surface area (TPSA) is 56.2 Å². The first-order valence-corrected chi connectivity index (χ1v) is 7.12. The predicted molar refractivity (Wildman–Crippen MR) is 81.4 cm³/mol. The molecule has 0 spiro atoms. The first kappa shape index (κ1) is 15.1. The van der Waals surface area contributed by atoms with Crippen LogP contribution in [0.1, 0.15) is 42.4 Å². The SMILES string of the molecule is CCCn1nccc1C(=O)N[C@H](C)c1ccc(OC)cc1. The molecular weight excluding hydrogens is 266 g/mol. The number of rotatable bonds is 6. The van der Waals surface area contributed by atoms with Gasteiger partial charge in [-0.05, 0) is 37.1 Å². The summed E-state index contributed by atoms with van der Waals surface area (Å²) in [7, 11) is 1.63. The van der Waals surface area contributed by atoms with E-state index < -0.39 is 0 Å². The van der Waals surface area contributed by atoms with Crippen LogP contribution in [0.15, 0.2) is 36.5 Å². The lowest BCUT2D eigenvalue weighted by Gasteiger charge is -2.15. The molecule has 1 atom stereocenters. The van der Waals surface area contributed by atoms with Crippen LogP contribution in [0, 0.1) is 0 Å². The van der Waals surface area contributed by atoms with Gasteiger partial charge in [0.05, 0.1) is 13.2 Å². The van der Waals surface area contributed by atoms with Gasteiger partial charge >= 0.3 is 0 Å². The second kappa shape index (κ2) is 6.92. The van der Waals surface area contributed by atoms with Crippen LogP contribution in [0.4, 0.5) is 0 Å². The lowest BCUT2D eigenvalue weighted by molar-refractivity contribution is 0.0928. The number of aryl methyl sites for hydroxylation is 1. The Bertz CT molecular complexity index is 590. The maximum Gasteiger partial charge on any atom is 0.270 e. The van der Waals surface area contributed by atoms with Crippen molar-refractivity contribution in [2.75, 3.05) is 7.11 Å². The highest BCUT2D eigenvalue weighted by atomic mass is 16.5.